The number of ether oxygens (including phenoxy) is 1. The van der Waals surface area contributed by atoms with Crippen molar-refractivity contribution in [3.63, 3.8) is 0 Å². The molecular formula is C7H10O2. The Morgan fingerprint density at radius 1 is 1.67 bits per heavy atom. The monoisotopic (exact) mass is 126 g/mol. The molecule has 0 saturated heterocycles. The molecule has 0 spiro atoms. The van der Waals surface area contributed by atoms with E-state index in [1.54, 1.807) is 6.92 Å². The minimum Gasteiger partial charge on any atom is -0.368 e. The fourth-order valence-corrected chi connectivity index (χ4v) is 0.327. The van der Waals surface area contributed by atoms with Gasteiger partial charge < -0.3 is 9.53 Å². The first kappa shape index (κ1) is 8.19. The maximum absolute atomic E-state index is 9.72. The van der Waals surface area contributed by atoms with Gasteiger partial charge in [0, 0.05) is 6.42 Å². The smallest absolute Gasteiger partial charge is 0.122 e. The average molecular weight is 126 g/mol. The third-order valence-electron chi connectivity index (χ3n) is 0.731. The van der Waals surface area contributed by atoms with Crippen molar-refractivity contribution in [2.75, 3.05) is 13.2 Å². The van der Waals surface area contributed by atoms with Crippen molar-refractivity contribution in [3.05, 3.63) is 0 Å². The van der Waals surface area contributed by atoms with Crippen LogP contribution in [0.15, 0.2) is 0 Å². The molecule has 0 aliphatic carbocycles. The van der Waals surface area contributed by atoms with Gasteiger partial charge in [0.15, 0.2) is 0 Å². The number of hydrogen-bond acceptors (Lipinski definition) is 2. The zero-order valence-corrected chi connectivity index (χ0v) is 5.52. The van der Waals surface area contributed by atoms with Gasteiger partial charge in [-0.25, -0.2) is 0 Å². The van der Waals surface area contributed by atoms with E-state index >= 15 is 0 Å². The second-order valence-corrected chi connectivity index (χ2v) is 1.43. The molecule has 50 valence electrons. The summed E-state index contributed by atoms with van der Waals surface area (Å²) < 4.78 is 4.91. The maximum atomic E-state index is 9.72. The van der Waals surface area contributed by atoms with Crippen molar-refractivity contribution in [1.82, 2.24) is 0 Å². The summed E-state index contributed by atoms with van der Waals surface area (Å²) in [5.41, 5.74) is 0. The van der Waals surface area contributed by atoms with Crippen LogP contribution in [0.4, 0.5) is 0 Å². The van der Waals surface area contributed by atoms with Gasteiger partial charge in [-0.2, -0.15) is 0 Å². The Morgan fingerprint density at radius 3 is 3.00 bits per heavy atom. The Labute approximate surface area is 55.2 Å². The van der Waals surface area contributed by atoms with Crippen molar-refractivity contribution in [3.8, 4) is 11.8 Å². The van der Waals surface area contributed by atoms with Crippen molar-refractivity contribution in [1.29, 1.82) is 0 Å². The van der Waals surface area contributed by atoms with Crippen LogP contribution in [0, 0.1) is 11.8 Å². The number of carbonyl (C=O) groups excluding carboxylic acids is 1. The highest BCUT2D eigenvalue weighted by atomic mass is 16.5. The summed E-state index contributed by atoms with van der Waals surface area (Å²) in [6, 6.07) is 0. The highest BCUT2D eigenvalue weighted by Gasteiger charge is 1.80. The molecular weight excluding hydrogens is 116 g/mol. The van der Waals surface area contributed by atoms with Crippen molar-refractivity contribution in [2.45, 2.75) is 13.3 Å². The van der Waals surface area contributed by atoms with Gasteiger partial charge in [-0.1, -0.05) is 5.92 Å². The summed E-state index contributed by atoms with van der Waals surface area (Å²) >= 11 is 0. The second-order valence-electron chi connectivity index (χ2n) is 1.43. The lowest BCUT2D eigenvalue weighted by molar-refractivity contribution is -0.108. The van der Waals surface area contributed by atoms with E-state index < -0.39 is 0 Å². The quantitative estimate of drug-likeness (QED) is 0.313. The molecule has 0 atom stereocenters. The molecule has 0 rings (SSSR count). The predicted molar refractivity (Wildman–Crippen MR) is 34.9 cm³/mol. The minimum absolute atomic E-state index is 0.435. The van der Waals surface area contributed by atoms with E-state index in [9.17, 15) is 4.79 Å². The Balaban J connectivity index is 2.88. The summed E-state index contributed by atoms with van der Waals surface area (Å²) in [7, 11) is 0. The van der Waals surface area contributed by atoms with Crippen LogP contribution in [0.2, 0.25) is 0 Å². The number of rotatable bonds is 4. The fraction of sp³-hybridized carbons (Fsp3) is 0.571. The predicted octanol–water partition coefficient (Wildman–Crippen LogP) is 0.615. The Hall–Kier alpha value is -0.810. The highest BCUT2D eigenvalue weighted by Crippen LogP contribution is 1.75. The molecule has 0 saturated carbocycles. The molecule has 0 aliphatic heterocycles. The van der Waals surface area contributed by atoms with Crippen molar-refractivity contribution in [2.24, 2.45) is 0 Å². The lowest BCUT2D eigenvalue weighted by Crippen LogP contribution is -1.94. The molecule has 0 radical (unpaired) electrons. The Morgan fingerprint density at radius 2 is 2.44 bits per heavy atom. The molecule has 0 amide bonds. The zero-order chi connectivity index (χ0) is 6.95. The van der Waals surface area contributed by atoms with Gasteiger partial charge >= 0.3 is 0 Å². The van der Waals surface area contributed by atoms with E-state index in [1.807, 2.05) is 0 Å². The lowest BCUT2D eigenvalue weighted by Gasteiger charge is -1.91. The maximum Gasteiger partial charge on any atom is 0.122 e. The van der Waals surface area contributed by atoms with Gasteiger partial charge in [0.1, 0.15) is 12.9 Å². The fourth-order valence-electron chi connectivity index (χ4n) is 0.327. The number of aldehydes is 1. The molecule has 0 aromatic heterocycles. The van der Waals surface area contributed by atoms with E-state index in [-0.39, 0.29) is 0 Å². The molecule has 0 bridgehead atoms. The van der Waals surface area contributed by atoms with E-state index in [4.69, 9.17) is 4.74 Å². The molecule has 2 heteroatoms. The third kappa shape index (κ3) is 7.19. The average Bonchev–Trinajstić information content (AvgIpc) is 1.89. The van der Waals surface area contributed by atoms with Crippen LogP contribution in [-0.2, 0) is 9.53 Å². The first-order valence-electron chi connectivity index (χ1n) is 2.82. The molecule has 0 aromatic rings. The summed E-state index contributed by atoms with van der Waals surface area (Å²) in [5, 5.41) is 0. The van der Waals surface area contributed by atoms with Gasteiger partial charge in [-0.05, 0) is 6.92 Å². The molecule has 0 fully saturated rings. The molecule has 0 N–H and O–H groups in total. The van der Waals surface area contributed by atoms with E-state index in [0.717, 1.165) is 6.29 Å². The summed E-state index contributed by atoms with van der Waals surface area (Å²) in [4.78, 5) is 9.72. The summed E-state index contributed by atoms with van der Waals surface area (Å²) in [5.74, 6) is 5.40. The lowest BCUT2D eigenvalue weighted by atomic mass is 10.5. The Kier molecular flexibility index (Phi) is 6.54. The van der Waals surface area contributed by atoms with E-state index in [0.29, 0.717) is 19.6 Å². The summed E-state index contributed by atoms with van der Waals surface area (Å²) in [6.45, 7) is 2.67. The molecule has 9 heavy (non-hydrogen) atoms. The first-order chi connectivity index (χ1) is 4.41. The van der Waals surface area contributed by atoms with Crippen LogP contribution in [0.25, 0.3) is 0 Å². The molecule has 0 heterocycles. The number of hydrogen-bond donors (Lipinski definition) is 0. The largest absolute Gasteiger partial charge is 0.368 e. The van der Waals surface area contributed by atoms with Gasteiger partial charge in [0.2, 0.25) is 0 Å². The highest BCUT2D eigenvalue weighted by molar-refractivity contribution is 5.49. The first-order valence-corrected chi connectivity index (χ1v) is 2.82. The molecule has 0 aliphatic rings. The third-order valence-corrected chi connectivity index (χ3v) is 0.731. The van der Waals surface area contributed by atoms with Gasteiger partial charge in [0.05, 0.1) is 6.61 Å². The number of carbonyl (C=O) groups is 1. The second kappa shape index (κ2) is 7.19. The van der Waals surface area contributed by atoms with Crippen LogP contribution in [0.5, 0.6) is 0 Å². The molecule has 2 nitrogen and oxygen atoms in total. The minimum atomic E-state index is 0.435. The van der Waals surface area contributed by atoms with Crippen LogP contribution in [-0.4, -0.2) is 19.5 Å². The normalized spacial score (nSPS) is 7.67. The Bertz CT molecular complexity index is 119. The van der Waals surface area contributed by atoms with Crippen LogP contribution < -0.4 is 0 Å². The van der Waals surface area contributed by atoms with Crippen molar-refractivity contribution < 1.29 is 9.53 Å². The van der Waals surface area contributed by atoms with Gasteiger partial charge in [-0.3, -0.25) is 0 Å². The zero-order valence-electron chi connectivity index (χ0n) is 5.52. The van der Waals surface area contributed by atoms with Crippen LogP contribution in [0.3, 0.4) is 0 Å². The van der Waals surface area contributed by atoms with E-state index in [2.05, 4.69) is 11.8 Å². The van der Waals surface area contributed by atoms with E-state index in [1.165, 1.54) is 0 Å². The van der Waals surface area contributed by atoms with Crippen LogP contribution in [0.1, 0.15) is 13.3 Å². The van der Waals surface area contributed by atoms with Crippen molar-refractivity contribution >= 4 is 6.29 Å². The topological polar surface area (TPSA) is 26.3 Å². The summed E-state index contributed by atoms with van der Waals surface area (Å²) in [6.07, 6.45) is 1.30. The van der Waals surface area contributed by atoms with Crippen LogP contribution >= 0.6 is 0 Å². The van der Waals surface area contributed by atoms with Gasteiger partial charge in [-0.15, -0.1) is 5.92 Å². The SMILES string of the molecule is CC#CCOCCC=O. The van der Waals surface area contributed by atoms with Gasteiger partial charge in [0.25, 0.3) is 0 Å². The molecule has 0 unspecified atom stereocenters. The molecule has 0 aromatic carbocycles. The standard InChI is InChI=1S/C7H10O2/c1-2-3-6-9-7-4-5-8/h5H,4,6-7H2,1H3.